The standard InChI is InChI=1S/C6H12.2C5H10.2V/c1-2-4-6-5-3-1;2*1-2-4-5-3-1;;/h1-6H2;2*1-5H2;;. The van der Waals surface area contributed by atoms with Crippen LogP contribution in [0.3, 0.4) is 0 Å². The summed E-state index contributed by atoms with van der Waals surface area (Å²) in [6.45, 7) is 0. The summed E-state index contributed by atoms with van der Waals surface area (Å²) in [5.41, 5.74) is 0. The normalized spacial score (nSPS) is 21.3. The average molecular weight is 326 g/mol. The Balaban J connectivity index is 0. The zero-order chi connectivity index (χ0) is 11.3. The van der Waals surface area contributed by atoms with E-state index in [1.807, 2.05) is 0 Å². The van der Waals surface area contributed by atoms with Crippen molar-refractivity contribution in [1.82, 2.24) is 0 Å². The summed E-state index contributed by atoms with van der Waals surface area (Å²) >= 11 is 0. The average Bonchev–Trinajstić information content (AvgIpc) is 3.10. The molecule has 0 aromatic heterocycles. The molecule has 0 atom stereocenters. The minimum Gasteiger partial charge on any atom is -0.0533 e. The van der Waals surface area contributed by atoms with E-state index in [0.717, 1.165) is 0 Å². The SMILES string of the molecule is C1CCCC1.C1CCCC1.C1CCCCC1.[V].[V]. The third-order valence-corrected chi connectivity index (χ3v) is 4.00. The molecule has 3 aliphatic carbocycles. The van der Waals surface area contributed by atoms with E-state index < -0.39 is 0 Å². The van der Waals surface area contributed by atoms with Crippen LogP contribution in [-0.4, -0.2) is 0 Å². The topological polar surface area (TPSA) is 0 Å². The van der Waals surface area contributed by atoms with Gasteiger partial charge in [-0.25, -0.2) is 0 Å². The van der Waals surface area contributed by atoms with Crippen molar-refractivity contribution in [2.45, 2.75) is 103 Å². The molecule has 0 amide bonds. The molecule has 0 unspecified atom stereocenters. The van der Waals surface area contributed by atoms with Gasteiger partial charge < -0.3 is 0 Å². The van der Waals surface area contributed by atoms with Crippen LogP contribution in [-0.2, 0) is 37.1 Å². The van der Waals surface area contributed by atoms with E-state index in [9.17, 15) is 0 Å². The molecule has 0 spiro atoms. The zero-order valence-electron chi connectivity index (χ0n) is 12.2. The number of rotatable bonds is 0. The van der Waals surface area contributed by atoms with Crippen LogP contribution in [0.25, 0.3) is 0 Å². The summed E-state index contributed by atoms with van der Waals surface area (Å²) in [6, 6.07) is 0. The Morgan fingerprint density at radius 2 is 0.222 bits per heavy atom. The summed E-state index contributed by atoms with van der Waals surface area (Å²) < 4.78 is 0. The first kappa shape index (κ1) is 21.5. The van der Waals surface area contributed by atoms with Crippen LogP contribution in [0, 0.1) is 0 Å². The first-order chi connectivity index (χ1) is 8.00. The molecule has 0 nitrogen and oxygen atoms in total. The van der Waals surface area contributed by atoms with E-state index in [-0.39, 0.29) is 37.1 Å². The van der Waals surface area contributed by atoms with E-state index in [4.69, 9.17) is 0 Å². The molecule has 2 heteroatoms. The van der Waals surface area contributed by atoms with Gasteiger partial charge >= 0.3 is 0 Å². The second-order valence-electron chi connectivity index (χ2n) is 5.66. The van der Waals surface area contributed by atoms with Crippen molar-refractivity contribution in [3.8, 4) is 0 Å². The van der Waals surface area contributed by atoms with Gasteiger partial charge in [0.15, 0.2) is 0 Å². The van der Waals surface area contributed by atoms with Gasteiger partial charge in [0.2, 0.25) is 0 Å². The van der Waals surface area contributed by atoms with Crippen LogP contribution in [0.1, 0.15) is 103 Å². The third-order valence-electron chi connectivity index (χ3n) is 4.00. The number of hydrogen-bond acceptors (Lipinski definition) is 0. The van der Waals surface area contributed by atoms with Crippen LogP contribution < -0.4 is 0 Å². The van der Waals surface area contributed by atoms with Crippen LogP contribution in [0.4, 0.5) is 0 Å². The smallest absolute Gasteiger partial charge is 0 e. The van der Waals surface area contributed by atoms with Gasteiger partial charge in [0, 0.05) is 37.1 Å². The monoisotopic (exact) mass is 326 g/mol. The molecule has 0 aromatic rings. The maximum Gasteiger partial charge on any atom is 0 e. The number of hydrogen-bond donors (Lipinski definition) is 0. The molecule has 3 saturated carbocycles. The minimum absolute atomic E-state index is 0. The summed E-state index contributed by atoms with van der Waals surface area (Å²) in [5, 5.41) is 0. The Morgan fingerprint density at radius 1 is 0.167 bits per heavy atom. The summed E-state index contributed by atoms with van der Waals surface area (Å²) in [7, 11) is 0. The maximum absolute atomic E-state index is 1.50. The Hall–Kier alpha value is 1.17. The van der Waals surface area contributed by atoms with Crippen molar-refractivity contribution >= 4 is 0 Å². The molecule has 3 rings (SSSR count). The van der Waals surface area contributed by atoms with E-state index >= 15 is 0 Å². The Bertz CT molecular complexity index is 88.3. The Morgan fingerprint density at radius 3 is 0.278 bits per heavy atom. The molecule has 0 aromatic carbocycles. The van der Waals surface area contributed by atoms with Crippen LogP contribution >= 0.6 is 0 Å². The molecule has 3 aliphatic rings. The van der Waals surface area contributed by atoms with Crippen molar-refractivity contribution in [1.29, 1.82) is 0 Å². The predicted octanol–water partition coefficient (Wildman–Crippen LogP) is 6.24. The molecule has 3 fully saturated rings. The van der Waals surface area contributed by atoms with E-state index in [1.165, 1.54) is 103 Å². The van der Waals surface area contributed by atoms with Gasteiger partial charge in [0.05, 0.1) is 0 Å². The second kappa shape index (κ2) is 18.2. The maximum atomic E-state index is 1.50. The third kappa shape index (κ3) is 15.2. The van der Waals surface area contributed by atoms with Gasteiger partial charge in [-0.05, 0) is 0 Å². The first-order valence-electron chi connectivity index (χ1n) is 8.00. The van der Waals surface area contributed by atoms with Gasteiger partial charge in [0.25, 0.3) is 0 Å². The molecule has 106 valence electrons. The van der Waals surface area contributed by atoms with Gasteiger partial charge in [-0.15, -0.1) is 0 Å². The molecule has 0 heterocycles. The van der Waals surface area contributed by atoms with Gasteiger partial charge in [0.1, 0.15) is 0 Å². The molecule has 0 bridgehead atoms. The molecule has 2 radical (unpaired) electrons. The Kier molecular flexibility index (Phi) is 21.7. The van der Waals surface area contributed by atoms with Crippen molar-refractivity contribution in [2.24, 2.45) is 0 Å². The van der Waals surface area contributed by atoms with Crippen LogP contribution in [0.5, 0.6) is 0 Å². The predicted molar refractivity (Wildman–Crippen MR) is 73.9 cm³/mol. The molecular formula is C16H32V2. The van der Waals surface area contributed by atoms with Gasteiger partial charge in [-0.3, -0.25) is 0 Å². The zero-order valence-corrected chi connectivity index (χ0v) is 15.0. The van der Waals surface area contributed by atoms with E-state index in [2.05, 4.69) is 0 Å². The summed E-state index contributed by atoms with van der Waals surface area (Å²) in [5.74, 6) is 0. The minimum atomic E-state index is 0. The fraction of sp³-hybridized carbons (Fsp3) is 1.00. The van der Waals surface area contributed by atoms with Crippen molar-refractivity contribution in [3.05, 3.63) is 0 Å². The molecular weight excluding hydrogens is 294 g/mol. The van der Waals surface area contributed by atoms with E-state index in [0.29, 0.717) is 0 Å². The van der Waals surface area contributed by atoms with Crippen LogP contribution in [0.15, 0.2) is 0 Å². The van der Waals surface area contributed by atoms with Gasteiger partial charge in [-0.1, -0.05) is 103 Å². The summed E-state index contributed by atoms with van der Waals surface area (Å²) in [4.78, 5) is 0. The molecule has 0 saturated heterocycles. The largest absolute Gasteiger partial charge is 0.0533 e. The quantitative estimate of drug-likeness (QED) is 0.494. The van der Waals surface area contributed by atoms with Crippen molar-refractivity contribution in [2.75, 3.05) is 0 Å². The van der Waals surface area contributed by atoms with E-state index in [1.54, 1.807) is 0 Å². The van der Waals surface area contributed by atoms with Crippen LogP contribution in [0.2, 0.25) is 0 Å². The van der Waals surface area contributed by atoms with Crippen molar-refractivity contribution in [3.63, 3.8) is 0 Å². The summed E-state index contributed by atoms with van der Waals surface area (Å²) in [6.07, 6.45) is 24.0. The molecule has 0 aliphatic heterocycles. The first-order valence-corrected chi connectivity index (χ1v) is 8.00. The van der Waals surface area contributed by atoms with Gasteiger partial charge in [-0.2, -0.15) is 0 Å². The molecule has 0 N–H and O–H groups in total. The second-order valence-corrected chi connectivity index (χ2v) is 5.66. The fourth-order valence-electron chi connectivity index (χ4n) is 2.83. The fourth-order valence-corrected chi connectivity index (χ4v) is 2.83. The van der Waals surface area contributed by atoms with Crippen molar-refractivity contribution < 1.29 is 37.1 Å². The Labute approximate surface area is 139 Å². The molecule has 18 heavy (non-hydrogen) atoms.